The molecule has 3 nitrogen and oxygen atoms in total. The molecule has 9 rings (SSSR count). The molecular weight excluding hydrogens is 597 g/mol. The zero-order valence-electron chi connectivity index (χ0n) is 26.8. The third-order valence-electron chi connectivity index (χ3n) is 9.23. The van der Waals surface area contributed by atoms with Crippen molar-refractivity contribution in [2.24, 2.45) is 0 Å². The third-order valence-corrected chi connectivity index (χ3v) is 9.23. The van der Waals surface area contributed by atoms with Gasteiger partial charge in [-0.25, -0.2) is 0 Å². The minimum atomic E-state index is 0.867. The standard InChI is InChI=1S/C46H32N2O/c1-5-15-34(16-6-1)47(35-17-7-2-8-18-35)38-29-27-33(28-30-38)39-23-13-25-41-40-24-14-26-42-43(31-32-44(45(40)42)49-46(39)41)48(36-19-9-3-10-20-36)37-21-11-4-12-22-37/h1-32H. The smallest absolute Gasteiger partial charge is 0.143 e. The van der Waals surface area contributed by atoms with E-state index in [0.717, 1.165) is 73.1 Å². The van der Waals surface area contributed by atoms with Crippen LogP contribution in [0, 0.1) is 0 Å². The maximum atomic E-state index is 6.87. The second-order valence-corrected chi connectivity index (χ2v) is 12.2. The molecule has 232 valence electrons. The molecule has 0 saturated carbocycles. The number of rotatable bonds is 7. The van der Waals surface area contributed by atoms with E-state index in [1.165, 1.54) is 5.56 Å². The van der Waals surface area contributed by atoms with Crippen molar-refractivity contribution < 1.29 is 4.74 Å². The van der Waals surface area contributed by atoms with Crippen molar-refractivity contribution in [3.05, 3.63) is 194 Å². The summed E-state index contributed by atoms with van der Waals surface area (Å²) in [5.74, 6) is 1.75. The molecule has 1 aliphatic rings. The Morgan fingerprint density at radius 1 is 0.327 bits per heavy atom. The summed E-state index contributed by atoms with van der Waals surface area (Å²) < 4.78 is 6.87. The number of benzene rings is 8. The zero-order chi connectivity index (χ0) is 32.6. The van der Waals surface area contributed by atoms with Crippen LogP contribution in [0.25, 0.3) is 33.0 Å². The predicted molar refractivity (Wildman–Crippen MR) is 204 cm³/mol. The summed E-state index contributed by atoms with van der Waals surface area (Å²) in [4.78, 5) is 4.61. The highest BCUT2D eigenvalue weighted by Gasteiger charge is 2.26. The Morgan fingerprint density at radius 2 is 0.796 bits per heavy atom. The van der Waals surface area contributed by atoms with Crippen molar-refractivity contribution in [2.45, 2.75) is 0 Å². The van der Waals surface area contributed by atoms with E-state index in [1.807, 2.05) is 0 Å². The van der Waals surface area contributed by atoms with E-state index in [-0.39, 0.29) is 0 Å². The number of fused-ring (bicyclic) bond motifs is 2. The Labute approximate surface area is 286 Å². The molecule has 0 radical (unpaired) electrons. The summed E-state index contributed by atoms with van der Waals surface area (Å²) in [6.45, 7) is 0. The van der Waals surface area contributed by atoms with Crippen molar-refractivity contribution in [3.8, 4) is 33.8 Å². The van der Waals surface area contributed by atoms with E-state index >= 15 is 0 Å². The first-order chi connectivity index (χ1) is 24.3. The van der Waals surface area contributed by atoms with E-state index in [9.17, 15) is 0 Å². The van der Waals surface area contributed by atoms with E-state index in [2.05, 4.69) is 204 Å². The van der Waals surface area contributed by atoms with Gasteiger partial charge in [0.1, 0.15) is 11.5 Å². The molecule has 0 saturated heterocycles. The molecule has 0 spiro atoms. The second kappa shape index (κ2) is 12.2. The van der Waals surface area contributed by atoms with Gasteiger partial charge < -0.3 is 14.5 Å². The third kappa shape index (κ3) is 5.09. The van der Waals surface area contributed by atoms with E-state index in [1.54, 1.807) is 0 Å². The molecule has 0 amide bonds. The number of anilines is 6. The van der Waals surface area contributed by atoms with Crippen LogP contribution in [0.15, 0.2) is 194 Å². The lowest BCUT2D eigenvalue weighted by molar-refractivity contribution is 0.489. The van der Waals surface area contributed by atoms with Gasteiger partial charge in [0, 0.05) is 50.3 Å². The van der Waals surface area contributed by atoms with Crippen LogP contribution in [0.5, 0.6) is 11.5 Å². The quantitative estimate of drug-likeness (QED) is 0.175. The number of hydrogen-bond donors (Lipinski definition) is 0. The van der Waals surface area contributed by atoms with Crippen LogP contribution < -0.4 is 14.5 Å². The first-order valence-corrected chi connectivity index (χ1v) is 16.6. The molecule has 1 aliphatic heterocycles. The summed E-state index contributed by atoms with van der Waals surface area (Å²) in [6.07, 6.45) is 0. The Bertz CT molecular complexity index is 2310. The molecule has 0 bridgehead atoms. The lowest BCUT2D eigenvalue weighted by atomic mass is 9.90. The minimum Gasteiger partial charge on any atom is -0.455 e. The van der Waals surface area contributed by atoms with E-state index < -0.39 is 0 Å². The van der Waals surface area contributed by atoms with Crippen LogP contribution in [0.2, 0.25) is 0 Å². The monoisotopic (exact) mass is 628 g/mol. The highest BCUT2D eigenvalue weighted by atomic mass is 16.5. The van der Waals surface area contributed by atoms with Gasteiger partial charge in [-0.15, -0.1) is 0 Å². The van der Waals surface area contributed by atoms with Gasteiger partial charge >= 0.3 is 0 Å². The zero-order valence-corrected chi connectivity index (χ0v) is 26.8. The van der Waals surface area contributed by atoms with Gasteiger partial charge in [0.15, 0.2) is 0 Å². The SMILES string of the molecule is c1ccc(N(c2ccccc2)c2ccc(-c3cccc4c3Oc3ccc(N(c5ccccc5)c5ccccc5)c5cccc-4c35)cc2)cc1. The Kier molecular flexibility index (Phi) is 7.14. The first kappa shape index (κ1) is 28.6. The fourth-order valence-corrected chi connectivity index (χ4v) is 7.03. The van der Waals surface area contributed by atoms with Crippen molar-refractivity contribution >= 4 is 44.9 Å². The number of nitrogens with zero attached hydrogens (tertiary/aromatic N) is 2. The summed E-state index contributed by atoms with van der Waals surface area (Å²) >= 11 is 0. The maximum Gasteiger partial charge on any atom is 0.143 e. The number of hydrogen-bond acceptors (Lipinski definition) is 3. The van der Waals surface area contributed by atoms with Gasteiger partial charge in [-0.3, -0.25) is 0 Å². The average molecular weight is 629 g/mol. The summed E-state index contributed by atoms with van der Waals surface area (Å²) in [6, 6.07) is 68.3. The van der Waals surface area contributed by atoms with Crippen LogP contribution in [0.3, 0.4) is 0 Å². The van der Waals surface area contributed by atoms with Gasteiger partial charge in [0.05, 0.1) is 5.69 Å². The van der Waals surface area contributed by atoms with Crippen LogP contribution in [-0.2, 0) is 0 Å². The van der Waals surface area contributed by atoms with Crippen molar-refractivity contribution in [1.29, 1.82) is 0 Å². The number of ether oxygens (including phenoxy) is 1. The minimum absolute atomic E-state index is 0.867. The van der Waals surface area contributed by atoms with Crippen molar-refractivity contribution in [3.63, 3.8) is 0 Å². The van der Waals surface area contributed by atoms with Crippen molar-refractivity contribution in [1.82, 2.24) is 0 Å². The Hall–Kier alpha value is -6.58. The molecule has 8 aromatic rings. The molecule has 0 atom stereocenters. The first-order valence-electron chi connectivity index (χ1n) is 16.6. The molecule has 8 aromatic carbocycles. The molecule has 0 fully saturated rings. The molecule has 0 unspecified atom stereocenters. The van der Waals surface area contributed by atoms with Crippen LogP contribution >= 0.6 is 0 Å². The van der Waals surface area contributed by atoms with Crippen LogP contribution in [-0.4, -0.2) is 0 Å². The van der Waals surface area contributed by atoms with Gasteiger partial charge in [0.2, 0.25) is 0 Å². The second-order valence-electron chi connectivity index (χ2n) is 12.2. The number of para-hydroxylation sites is 5. The fourth-order valence-electron chi connectivity index (χ4n) is 7.03. The van der Waals surface area contributed by atoms with Gasteiger partial charge in [-0.2, -0.15) is 0 Å². The largest absolute Gasteiger partial charge is 0.455 e. The summed E-state index contributed by atoms with van der Waals surface area (Å²) in [5.41, 5.74) is 11.1. The van der Waals surface area contributed by atoms with Crippen LogP contribution in [0.4, 0.5) is 34.1 Å². The highest BCUT2D eigenvalue weighted by molar-refractivity contribution is 6.11. The molecule has 3 heteroatoms. The summed E-state index contributed by atoms with van der Waals surface area (Å²) in [5, 5.41) is 2.27. The van der Waals surface area contributed by atoms with Gasteiger partial charge in [0.25, 0.3) is 0 Å². The normalized spacial score (nSPS) is 11.4. The molecule has 0 aromatic heterocycles. The fraction of sp³-hybridized carbons (Fsp3) is 0. The molecule has 49 heavy (non-hydrogen) atoms. The molecule has 1 heterocycles. The topological polar surface area (TPSA) is 15.7 Å². The van der Waals surface area contributed by atoms with Gasteiger partial charge in [-0.1, -0.05) is 121 Å². The Balaban J connectivity index is 1.14. The predicted octanol–water partition coefficient (Wildman–Crippen LogP) is 13.2. The average Bonchev–Trinajstić information content (AvgIpc) is 3.18. The van der Waals surface area contributed by atoms with E-state index in [0.29, 0.717) is 0 Å². The van der Waals surface area contributed by atoms with Crippen LogP contribution in [0.1, 0.15) is 0 Å². The lowest BCUT2D eigenvalue weighted by Crippen LogP contribution is -2.11. The van der Waals surface area contributed by atoms with Crippen molar-refractivity contribution in [2.75, 3.05) is 9.80 Å². The molecular formula is C46H32N2O. The Morgan fingerprint density at radius 3 is 1.37 bits per heavy atom. The molecule has 0 N–H and O–H groups in total. The van der Waals surface area contributed by atoms with Gasteiger partial charge in [-0.05, 0) is 83.9 Å². The summed E-state index contributed by atoms with van der Waals surface area (Å²) in [7, 11) is 0. The maximum absolute atomic E-state index is 6.87. The lowest BCUT2D eigenvalue weighted by Gasteiger charge is -2.29. The van der Waals surface area contributed by atoms with E-state index in [4.69, 9.17) is 4.74 Å². The highest BCUT2D eigenvalue weighted by Crippen LogP contribution is 2.53. The molecule has 0 aliphatic carbocycles.